The zero-order chi connectivity index (χ0) is 13.1. The van der Waals surface area contributed by atoms with Gasteiger partial charge in [0.25, 0.3) is 0 Å². The molecule has 0 unspecified atom stereocenters. The van der Waals surface area contributed by atoms with Crippen LogP contribution in [0.4, 0.5) is 0 Å². The number of rotatable bonds is 2. The number of nitrogens with zero attached hydrogens (tertiary/aromatic N) is 2. The van der Waals surface area contributed by atoms with Gasteiger partial charge in [-0.15, -0.1) is 0 Å². The number of pyridine rings is 1. The number of nitriles is 1. The average molecular weight is 322 g/mol. The van der Waals surface area contributed by atoms with Crippen LogP contribution in [0.5, 0.6) is 0 Å². The maximum atomic E-state index is 12.3. The summed E-state index contributed by atoms with van der Waals surface area (Å²) in [6.07, 6.45) is 1.35. The summed E-state index contributed by atoms with van der Waals surface area (Å²) in [7, 11) is 0. The first-order valence-corrected chi connectivity index (χ1v) is 6.15. The predicted octanol–water partition coefficient (Wildman–Crippen LogP) is 3.60. The van der Waals surface area contributed by atoms with Gasteiger partial charge in [-0.25, -0.2) is 4.98 Å². The number of ketones is 1. The van der Waals surface area contributed by atoms with Crippen LogP contribution in [-0.2, 0) is 0 Å². The van der Waals surface area contributed by atoms with E-state index in [2.05, 4.69) is 20.9 Å². The predicted molar refractivity (Wildman–Crippen MR) is 71.5 cm³/mol. The molecule has 0 aliphatic heterocycles. The molecule has 0 aliphatic carbocycles. The van der Waals surface area contributed by atoms with Gasteiger partial charge in [-0.1, -0.05) is 39.7 Å². The van der Waals surface area contributed by atoms with Gasteiger partial charge in [0.1, 0.15) is 6.07 Å². The Morgan fingerprint density at radius 3 is 2.83 bits per heavy atom. The molecule has 2 rings (SSSR count). The third-order valence-corrected chi connectivity index (χ3v) is 2.99. The Morgan fingerprint density at radius 2 is 2.17 bits per heavy atom. The highest BCUT2D eigenvalue weighted by Crippen LogP contribution is 2.19. The topological polar surface area (TPSA) is 53.8 Å². The van der Waals surface area contributed by atoms with Gasteiger partial charge in [-0.05, 0) is 18.2 Å². The minimum absolute atomic E-state index is 0.0735. The van der Waals surface area contributed by atoms with E-state index < -0.39 is 0 Å². The summed E-state index contributed by atoms with van der Waals surface area (Å²) in [5.41, 5.74) is 0.761. The van der Waals surface area contributed by atoms with Gasteiger partial charge in [0.2, 0.25) is 0 Å². The summed E-state index contributed by atoms with van der Waals surface area (Å²) in [6, 6.07) is 10.3. The second kappa shape index (κ2) is 5.30. The van der Waals surface area contributed by atoms with E-state index in [1.165, 1.54) is 12.3 Å². The number of hydrogen-bond donors (Lipinski definition) is 0. The summed E-state index contributed by atoms with van der Waals surface area (Å²) in [5, 5.41) is 9.27. The maximum Gasteiger partial charge on any atom is 0.196 e. The number of carbonyl (C=O) groups excluding carboxylic acids is 1. The molecule has 0 spiro atoms. The van der Waals surface area contributed by atoms with Crippen LogP contribution in [0.15, 0.2) is 41.0 Å². The SMILES string of the molecule is N#Cc1ncc(Cl)cc1C(=O)c1cccc(Br)c1. The lowest BCUT2D eigenvalue weighted by molar-refractivity contribution is 0.103. The Kier molecular flexibility index (Phi) is 3.75. The molecule has 0 atom stereocenters. The fourth-order valence-electron chi connectivity index (χ4n) is 1.49. The standard InChI is InChI=1S/C13H6BrClN2O/c14-9-3-1-2-8(4-9)13(18)11-5-10(15)7-17-12(11)6-16/h1-5,7H. The lowest BCUT2D eigenvalue weighted by atomic mass is 10.0. The Hall–Kier alpha value is -1.70. The normalized spacial score (nSPS) is 9.83. The van der Waals surface area contributed by atoms with Crippen molar-refractivity contribution >= 4 is 33.3 Å². The highest BCUT2D eigenvalue weighted by molar-refractivity contribution is 9.10. The van der Waals surface area contributed by atoms with Crippen molar-refractivity contribution in [2.45, 2.75) is 0 Å². The lowest BCUT2D eigenvalue weighted by Gasteiger charge is -2.03. The van der Waals surface area contributed by atoms with Crippen molar-refractivity contribution < 1.29 is 4.79 Å². The molecule has 0 bridgehead atoms. The minimum atomic E-state index is -0.275. The second-order valence-corrected chi connectivity index (χ2v) is 4.85. The van der Waals surface area contributed by atoms with Crippen molar-refractivity contribution in [1.29, 1.82) is 5.26 Å². The fraction of sp³-hybridized carbons (Fsp3) is 0. The van der Waals surface area contributed by atoms with E-state index in [0.29, 0.717) is 10.6 Å². The van der Waals surface area contributed by atoms with Crippen LogP contribution in [0, 0.1) is 11.3 Å². The van der Waals surface area contributed by atoms with Gasteiger partial charge in [-0.3, -0.25) is 4.79 Å². The van der Waals surface area contributed by atoms with Crippen LogP contribution in [0.1, 0.15) is 21.6 Å². The Balaban J connectivity index is 2.53. The van der Waals surface area contributed by atoms with Crippen molar-refractivity contribution in [2.24, 2.45) is 0 Å². The molecule has 0 saturated carbocycles. The monoisotopic (exact) mass is 320 g/mol. The van der Waals surface area contributed by atoms with E-state index in [1.54, 1.807) is 18.2 Å². The number of aromatic nitrogens is 1. The number of halogens is 2. The summed E-state index contributed by atoms with van der Waals surface area (Å²) in [4.78, 5) is 16.1. The van der Waals surface area contributed by atoms with Crippen LogP contribution < -0.4 is 0 Å². The molecule has 0 N–H and O–H groups in total. The first kappa shape index (κ1) is 12.7. The number of hydrogen-bond acceptors (Lipinski definition) is 3. The van der Waals surface area contributed by atoms with Crippen LogP contribution in [0.25, 0.3) is 0 Å². The third kappa shape index (κ3) is 2.58. The molecule has 5 heteroatoms. The van der Waals surface area contributed by atoms with E-state index in [-0.39, 0.29) is 17.0 Å². The highest BCUT2D eigenvalue weighted by atomic mass is 79.9. The molecule has 1 heterocycles. The van der Waals surface area contributed by atoms with E-state index in [9.17, 15) is 4.79 Å². The Morgan fingerprint density at radius 1 is 1.39 bits per heavy atom. The maximum absolute atomic E-state index is 12.3. The van der Waals surface area contributed by atoms with Gasteiger partial charge < -0.3 is 0 Å². The molecule has 18 heavy (non-hydrogen) atoms. The summed E-state index contributed by atoms with van der Waals surface area (Å²) >= 11 is 9.10. The Labute approximate surface area is 117 Å². The molecule has 88 valence electrons. The smallest absolute Gasteiger partial charge is 0.196 e. The van der Waals surface area contributed by atoms with E-state index >= 15 is 0 Å². The summed E-state index contributed by atoms with van der Waals surface area (Å²) in [5.74, 6) is -0.275. The van der Waals surface area contributed by atoms with Crippen molar-refractivity contribution in [1.82, 2.24) is 4.98 Å². The van der Waals surface area contributed by atoms with Crippen molar-refractivity contribution in [2.75, 3.05) is 0 Å². The van der Waals surface area contributed by atoms with Gasteiger partial charge in [0.05, 0.1) is 10.6 Å². The van der Waals surface area contributed by atoms with Gasteiger partial charge >= 0.3 is 0 Å². The zero-order valence-corrected chi connectivity index (χ0v) is 11.4. The summed E-state index contributed by atoms with van der Waals surface area (Å²) < 4.78 is 0.793. The molecule has 2 aromatic rings. The molecular weight excluding hydrogens is 316 g/mol. The molecule has 0 fully saturated rings. The Bertz CT molecular complexity index is 664. The van der Waals surface area contributed by atoms with E-state index in [4.69, 9.17) is 16.9 Å². The average Bonchev–Trinajstić information content (AvgIpc) is 2.38. The van der Waals surface area contributed by atoms with E-state index in [0.717, 1.165) is 4.47 Å². The molecule has 0 saturated heterocycles. The van der Waals surface area contributed by atoms with Crippen molar-refractivity contribution in [3.63, 3.8) is 0 Å². The van der Waals surface area contributed by atoms with E-state index in [1.807, 2.05) is 12.1 Å². The highest BCUT2D eigenvalue weighted by Gasteiger charge is 2.15. The van der Waals surface area contributed by atoms with Crippen LogP contribution >= 0.6 is 27.5 Å². The van der Waals surface area contributed by atoms with Crippen LogP contribution in [-0.4, -0.2) is 10.8 Å². The first-order valence-electron chi connectivity index (χ1n) is 4.97. The quantitative estimate of drug-likeness (QED) is 0.794. The van der Waals surface area contributed by atoms with Crippen LogP contribution in [0.2, 0.25) is 5.02 Å². The molecule has 0 aliphatic rings. The van der Waals surface area contributed by atoms with Gasteiger partial charge in [-0.2, -0.15) is 5.26 Å². The summed E-state index contributed by atoms with van der Waals surface area (Å²) in [6.45, 7) is 0. The second-order valence-electron chi connectivity index (χ2n) is 3.50. The molecule has 0 amide bonds. The minimum Gasteiger partial charge on any atom is -0.288 e. The van der Waals surface area contributed by atoms with Crippen molar-refractivity contribution in [3.8, 4) is 6.07 Å². The first-order chi connectivity index (χ1) is 8.61. The molecule has 1 aromatic carbocycles. The van der Waals surface area contributed by atoms with Crippen LogP contribution in [0.3, 0.4) is 0 Å². The molecular formula is C13H6BrClN2O. The van der Waals surface area contributed by atoms with Gasteiger partial charge in [0, 0.05) is 16.2 Å². The molecule has 1 aromatic heterocycles. The molecule has 0 radical (unpaired) electrons. The van der Waals surface area contributed by atoms with Gasteiger partial charge in [0.15, 0.2) is 11.5 Å². The fourth-order valence-corrected chi connectivity index (χ4v) is 2.04. The largest absolute Gasteiger partial charge is 0.288 e. The van der Waals surface area contributed by atoms with Crippen molar-refractivity contribution in [3.05, 3.63) is 62.8 Å². The zero-order valence-electron chi connectivity index (χ0n) is 9.02. The lowest BCUT2D eigenvalue weighted by Crippen LogP contribution is -2.05. The number of carbonyl (C=O) groups is 1. The third-order valence-electron chi connectivity index (χ3n) is 2.29. The number of benzene rings is 1. The molecule has 3 nitrogen and oxygen atoms in total.